The molecule has 1 heterocycles. The third kappa shape index (κ3) is 2.30. The number of phenolic OH excluding ortho intramolecular Hbond substituents is 1. The van der Waals surface area contributed by atoms with Crippen LogP contribution in [0.1, 0.15) is 10.4 Å². The fourth-order valence-electron chi connectivity index (χ4n) is 1.99. The second kappa shape index (κ2) is 5.32. The summed E-state index contributed by atoms with van der Waals surface area (Å²) in [5.41, 5.74) is 5.25. The zero-order chi connectivity index (χ0) is 13.1. The number of nitrogens with zero attached hydrogens (tertiary/aromatic N) is 1. The summed E-state index contributed by atoms with van der Waals surface area (Å²) in [5.74, 6) is -1.64. The number of benzene rings is 1. The van der Waals surface area contributed by atoms with Gasteiger partial charge < -0.3 is 20.5 Å². The number of amides is 1. The third-order valence-electron chi connectivity index (χ3n) is 2.97. The van der Waals surface area contributed by atoms with Crippen LogP contribution in [0.4, 0.5) is 4.39 Å². The first-order chi connectivity index (χ1) is 8.65. The molecule has 1 atom stereocenters. The lowest BCUT2D eigenvalue weighted by atomic mass is 10.1. The van der Waals surface area contributed by atoms with E-state index in [0.29, 0.717) is 19.8 Å². The highest BCUT2D eigenvalue weighted by atomic mass is 19.1. The topological polar surface area (TPSA) is 75.8 Å². The number of morpholine rings is 1. The molecule has 1 amide bonds. The number of phenols is 1. The summed E-state index contributed by atoms with van der Waals surface area (Å²) in [5, 5.41) is 9.60. The van der Waals surface area contributed by atoms with E-state index in [1.807, 2.05) is 0 Å². The van der Waals surface area contributed by atoms with Crippen molar-refractivity contribution in [3.8, 4) is 5.75 Å². The minimum atomic E-state index is -0.734. The Morgan fingerprint density at radius 3 is 3.06 bits per heavy atom. The first kappa shape index (κ1) is 12.8. The molecule has 1 aromatic rings. The van der Waals surface area contributed by atoms with Crippen molar-refractivity contribution in [3.05, 3.63) is 29.6 Å². The maximum Gasteiger partial charge on any atom is 0.261 e. The molecule has 18 heavy (non-hydrogen) atoms. The van der Waals surface area contributed by atoms with Gasteiger partial charge in [-0.05, 0) is 12.1 Å². The van der Waals surface area contributed by atoms with Crippen molar-refractivity contribution in [3.63, 3.8) is 0 Å². The Balaban J connectivity index is 2.30. The second-order valence-corrected chi connectivity index (χ2v) is 4.10. The van der Waals surface area contributed by atoms with Gasteiger partial charge in [0.15, 0.2) is 0 Å². The normalized spacial score (nSPS) is 19.9. The van der Waals surface area contributed by atoms with E-state index in [4.69, 9.17) is 10.5 Å². The fraction of sp³-hybridized carbons (Fsp3) is 0.417. The number of aromatic hydroxyl groups is 1. The Morgan fingerprint density at radius 1 is 1.61 bits per heavy atom. The molecule has 0 spiro atoms. The number of carbonyl (C=O) groups excluding carboxylic acids is 1. The van der Waals surface area contributed by atoms with Crippen molar-refractivity contribution in [2.45, 2.75) is 6.04 Å². The average molecular weight is 254 g/mol. The van der Waals surface area contributed by atoms with E-state index in [2.05, 4.69) is 0 Å². The van der Waals surface area contributed by atoms with Crippen molar-refractivity contribution in [2.24, 2.45) is 5.73 Å². The molecule has 5 nitrogen and oxygen atoms in total. The molecule has 0 aromatic heterocycles. The molecule has 1 aliphatic rings. The van der Waals surface area contributed by atoms with Crippen LogP contribution in [0.5, 0.6) is 5.75 Å². The lowest BCUT2D eigenvalue weighted by Crippen LogP contribution is -2.52. The van der Waals surface area contributed by atoms with Crippen molar-refractivity contribution in [1.82, 2.24) is 4.90 Å². The van der Waals surface area contributed by atoms with Gasteiger partial charge in [-0.25, -0.2) is 4.39 Å². The van der Waals surface area contributed by atoms with E-state index in [9.17, 15) is 14.3 Å². The van der Waals surface area contributed by atoms with Crippen LogP contribution in [-0.4, -0.2) is 48.3 Å². The van der Waals surface area contributed by atoms with Crippen LogP contribution in [0.2, 0.25) is 0 Å². The van der Waals surface area contributed by atoms with Crippen LogP contribution < -0.4 is 5.73 Å². The van der Waals surface area contributed by atoms with E-state index in [-0.39, 0.29) is 23.9 Å². The lowest BCUT2D eigenvalue weighted by molar-refractivity contribution is 0.000447. The Hall–Kier alpha value is -1.66. The van der Waals surface area contributed by atoms with E-state index >= 15 is 0 Å². The molecule has 3 N–H and O–H groups in total. The molecule has 0 saturated carbocycles. The molecule has 98 valence electrons. The van der Waals surface area contributed by atoms with Crippen LogP contribution in [0.25, 0.3) is 0 Å². The van der Waals surface area contributed by atoms with Gasteiger partial charge in [-0.3, -0.25) is 4.79 Å². The van der Waals surface area contributed by atoms with Crippen LogP contribution >= 0.6 is 0 Å². The molecule has 1 fully saturated rings. The monoisotopic (exact) mass is 254 g/mol. The maximum atomic E-state index is 13.6. The number of carbonyl (C=O) groups is 1. The summed E-state index contributed by atoms with van der Waals surface area (Å²) in [6, 6.07) is 3.49. The van der Waals surface area contributed by atoms with Crippen LogP contribution in [-0.2, 0) is 4.74 Å². The Morgan fingerprint density at radius 2 is 2.39 bits per heavy atom. The summed E-state index contributed by atoms with van der Waals surface area (Å²) in [6.07, 6.45) is 0. The van der Waals surface area contributed by atoms with Gasteiger partial charge in [-0.15, -0.1) is 0 Å². The minimum absolute atomic E-state index is 0.237. The quantitative estimate of drug-likeness (QED) is 0.797. The van der Waals surface area contributed by atoms with Gasteiger partial charge in [0.1, 0.15) is 17.1 Å². The molecule has 0 radical (unpaired) electrons. The summed E-state index contributed by atoms with van der Waals surface area (Å²) in [6.45, 7) is 1.30. The molecule has 0 bridgehead atoms. The highest BCUT2D eigenvalue weighted by Crippen LogP contribution is 2.23. The smallest absolute Gasteiger partial charge is 0.261 e. The van der Waals surface area contributed by atoms with Crippen molar-refractivity contribution < 1.29 is 19.0 Å². The maximum absolute atomic E-state index is 13.6. The summed E-state index contributed by atoms with van der Waals surface area (Å²) in [4.78, 5) is 13.7. The summed E-state index contributed by atoms with van der Waals surface area (Å²) >= 11 is 0. The first-order valence-corrected chi connectivity index (χ1v) is 5.71. The number of hydrogen-bond acceptors (Lipinski definition) is 4. The molecule has 6 heteroatoms. The third-order valence-corrected chi connectivity index (χ3v) is 2.97. The van der Waals surface area contributed by atoms with Gasteiger partial charge in [0.05, 0.1) is 19.3 Å². The second-order valence-electron chi connectivity index (χ2n) is 4.10. The zero-order valence-electron chi connectivity index (χ0n) is 9.80. The highest BCUT2D eigenvalue weighted by molar-refractivity contribution is 5.97. The molecule has 1 aliphatic heterocycles. The average Bonchev–Trinajstić information content (AvgIpc) is 2.38. The molecule has 1 aromatic carbocycles. The minimum Gasteiger partial charge on any atom is -0.507 e. The summed E-state index contributed by atoms with van der Waals surface area (Å²) < 4.78 is 18.8. The van der Waals surface area contributed by atoms with Crippen LogP contribution in [0.15, 0.2) is 18.2 Å². The van der Waals surface area contributed by atoms with Gasteiger partial charge in [-0.1, -0.05) is 6.07 Å². The highest BCUT2D eigenvalue weighted by Gasteiger charge is 2.30. The van der Waals surface area contributed by atoms with Gasteiger partial charge in [0, 0.05) is 13.1 Å². The number of hydrogen-bond donors (Lipinski definition) is 2. The van der Waals surface area contributed by atoms with Crippen molar-refractivity contribution in [2.75, 3.05) is 26.3 Å². The molecule has 0 aliphatic carbocycles. The predicted molar refractivity (Wildman–Crippen MR) is 62.8 cm³/mol. The number of ether oxygens (including phenoxy) is 1. The van der Waals surface area contributed by atoms with Crippen LogP contribution in [0.3, 0.4) is 0 Å². The molecule has 2 rings (SSSR count). The van der Waals surface area contributed by atoms with E-state index in [1.165, 1.54) is 17.0 Å². The zero-order valence-corrected chi connectivity index (χ0v) is 9.80. The Bertz CT molecular complexity index is 433. The van der Waals surface area contributed by atoms with Gasteiger partial charge in [0.25, 0.3) is 5.91 Å². The van der Waals surface area contributed by atoms with Crippen LogP contribution in [0, 0.1) is 5.82 Å². The molecule has 1 unspecified atom stereocenters. The number of halogens is 1. The molecule has 1 saturated heterocycles. The van der Waals surface area contributed by atoms with Gasteiger partial charge >= 0.3 is 0 Å². The predicted octanol–water partition coefficient (Wildman–Crippen LogP) is 0.331. The number of nitrogens with two attached hydrogens (primary N) is 1. The first-order valence-electron chi connectivity index (χ1n) is 5.71. The summed E-state index contributed by atoms with van der Waals surface area (Å²) in [7, 11) is 0. The van der Waals surface area contributed by atoms with Crippen molar-refractivity contribution in [1.29, 1.82) is 0 Å². The fourth-order valence-corrected chi connectivity index (χ4v) is 1.99. The largest absolute Gasteiger partial charge is 0.507 e. The Labute approximate surface area is 104 Å². The van der Waals surface area contributed by atoms with Gasteiger partial charge in [0.2, 0.25) is 0 Å². The molecular formula is C12H15FN2O3. The van der Waals surface area contributed by atoms with E-state index in [1.54, 1.807) is 0 Å². The Kier molecular flexibility index (Phi) is 3.78. The lowest BCUT2D eigenvalue weighted by Gasteiger charge is -2.35. The molecular weight excluding hydrogens is 239 g/mol. The van der Waals surface area contributed by atoms with E-state index < -0.39 is 11.7 Å². The number of rotatable bonds is 2. The van der Waals surface area contributed by atoms with Crippen molar-refractivity contribution >= 4 is 5.91 Å². The van der Waals surface area contributed by atoms with Gasteiger partial charge in [-0.2, -0.15) is 0 Å². The standard InChI is InChI=1S/C12H15FN2O3/c13-9-2-1-3-10(16)11(9)12(17)15-4-5-18-7-8(15)6-14/h1-3,8,16H,4-7,14H2. The SMILES string of the molecule is NCC1COCCN1C(=O)c1c(O)cccc1F. The van der Waals surface area contributed by atoms with E-state index in [0.717, 1.165) is 6.07 Å².